The van der Waals surface area contributed by atoms with Crippen LogP contribution in [0.25, 0.3) is 5.65 Å². The minimum absolute atomic E-state index is 0.580. The van der Waals surface area contributed by atoms with Gasteiger partial charge in [-0.15, -0.1) is 0 Å². The third-order valence-electron chi connectivity index (χ3n) is 2.85. The summed E-state index contributed by atoms with van der Waals surface area (Å²) in [4.78, 5) is 4.48. The number of nitrogen functional groups attached to an aromatic ring is 1. The van der Waals surface area contributed by atoms with Crippen molar-refractivity contribution in [2.75, 3.05) is 12.8 Å². The van der Waals surface area contributed by atoms with Crippen LogP contribution < -0.4 is 10.5 Å². The number of nitrogens with two attached hydrogens (primary N) is 1. The van der Waals surface area contributed by atoms with E-state index in [1.54, 1.807) is 27.2 Å². The number of imidazole rings is 1. The number of nitrogens with zero attached hydrogens (tertiary/aromatic N) is 2. The lowest BCUT2D eigenvalue weighted by atomic mass is 10.0. The molecule has 0 aliphatic rings. The molecule has 2 aromatic rings. The fraction of sp³-hybridized carbons (Fsp3) is 0.462. The van der Waals surface area contributed by atoms with Gasteiger partial charge in [-0.25, -0.2) is 4.98 Å². The largest absolute Gasteiger partial charge is 0.494 e. The molecule has 0 aromatic carbocycles. The van der Waals surface area contributed by atoms with Gasteiger partial charge in [0.05, 0.1) is 24.1 Å². The van der Waals surface area contributed by atoms with Crippen molar-refractivity contribution < 1.29 is 9.84 Å². The van der Waals surface area contributed by atoms with E-state index in [-0.39, 0.29) is 0 Å². The predicted molar refractivity (Wildman–Crippen MR) is 70.8 cm³/mol. The van der Waals surface area contributed by atoms with Gasteiger partial charge in [0.1, 0.15) is 11.4 Å². The highest BCUT2D eigenvalue weighted by atomic mass is 16.5. The minimum Gasteiger partial charge on any atom is -0.494 e. The van der Waals surface area contributed by atoms with Crippen LogP contribution in [-0.4, -0.2) is 27.2 Å². The second-order valence-electron chi connectivity index (χ2n) is 5.11. The summed E-state index contributed by atoms with van der Waals surface area (Å²) in [7, 11) is 1.58. The Balaban J connectivity index is 2.27. The summed E-state index contributed by atoms with van der Waals surface area (Å²) in [5, 5.41) is 9.71. The zero-order valence-corrected chi connectivity index (χ0v) is 11.0. The molecule has 0 atom stereocenters. The van der Waals surface area contributed by atoms with Gasteiger partial charge < -0.3 is 20.0 Å². The van der Waals surface area contributed by atoms with Gasteiger partial charge in [0.15, 0.2) is 0 Å². The standard InChI is InChI=1S/C13H19N3O2/c1-13(2,17)5-4-9-7-16-8-10(14)11(18-3)6-12(16)15-9/h6-8,17H,4-5,14H2,1-3H3. The number of anilines is 1. The fourth-order valence-electron chi connectivity index (χ4n) is 1.82. The van der Waals surface area contributed by atoms with E-state index in [2.05, 4.69) is 4.98 Å². The molecule has 0 unspecified atom stereocenters. The van der Waals surface area contributed by atoms with Crippen molar-refractivity contribution in [3.05, 3.63) is 24.2 Å². The second kappa shape index (κ2) is 4.49. The number of methoxy groups -OCH3 is 1. The SMILES string of the molecule is COc1cc2nc(CCC(C)(C)O)cn2cc1N. The molecule has 0 aliphatic carbocycles. The number of aliphatic hydroxyl groups is 1. The maximum absolute atomic E-state index is 9.71. The first-order chi connectivity index (χ1) is 8.39. The molecule has 5 nitrogen and oxygen atoms in total. The first-order valence-corrected chi connectivity index (χ1v) is 5.92. The molecule has 0 aliphatic heterocycles. The van der Waals surface area contributed by atoms with Crippen molar-refractivity contribution in [3.8, 4) is 5.75 Å². The molecule has 2 aromatic heterocycles. The number of pyridine rings is 1. The Morgan fingerprint density at radius 1 is 1.44 bits per heavy atom. The van der Waals surface area contributed by atoms with Crippen molar-refractivity contribution >= 4 is 11.3 Å². The average molecular weight is 249 g/mol. The molecule has 0 bridgehead atoms. The quantitative estimate of drug-likeness (QED) is 0.863. The molecule has 18 heavy (non-hydrogen) atoms. The van der Waals surface area contributed by atoms with Gasteiger partial charge in [-0.1, -0.05) is 0 Å². The number of aromatic nitrogens is 2. The number of fused-ring (bicyclic) bond motifs is 1. The van der Waals surface area contributed by atoms with Crippen LogP contribution >= 0.6 is 0 Å². The zero-order valence-electron chi connectivity index (χ0n) is 11.0. The summed E-state index contributed by atoms with van der Waals surface area (Å²) < 4.78 is 7.03. The number of aryl methyl sites for hydroxylation is 1. The van der Waals surface area contributed by atoms with E-state index < -0.39 is 5.60 Å². The van der Waals surface area contributed by atoms with Crippen LogP contribution in [0.3, 0.4) is 0 Å². The highest BCUT2D eigenvalue weighted by molar-refractivity contribution is 5.59. The van der Waals surface area contributed by atoms with Crippen molar-refractivity contribution in [2.24, 2.45) is 0 Å². The first-order valence-electron chi connectivity index (χ1n) is 5.92. The van der Waals surface area contributed by atoms with E-state index in [0.717, 1.165) is 17.8 Å². The fourth-order valence-corrected chi connectivity index (χ4v) is 1.82. The Kier molecular flexibility index (Phi) is 3.17. The molecule has 2 rings (SSSR count). The molecular formula is C13H19N3O2. The van der Waals surface area contributed by atoms with E-state index in [4.69, 9.17) is 10.5 Å². The van der Waals surface area contributed by atoms with Gasteiger partial charge in [-0.3, -0.25) is 0 Å². The average Bonchev–Trinajstić information content (AvgIpc) is 2.66. The van der Waals surface area contributed by atoms with Crippen molar-refractivity contribution in [1.29, 1.82) is 0 Å². The summed E-state index contributed by atoms with van der Waals surface area (Å²) in [6, 6.07) is 1.81. The smallest absolute Gasteiger partial charge is 0.146 e. The summed E-state index contributed by atoms with van der Waals surface area (Å²) >= 11 is 0. The highest BCUT2D eigenvalue weighted by Crippen LogP contribution is 2.23. The third kappa shape index (κ3) is 2.73. The van der Waals surface area contributed by atoms with Gasteiger partial charge in [-0.05, 0) is 26.7 Å². The zero-order chi connectivity index (χ0) is 13.3. The van der Waals surface area contributed by atoms with Gasteiger partial charge in [0.2, 0.25) is 0 Å². The van der Waals surface area contributed by atoms with Crippen LogP contribution in [0.5, 0.6) is 5.75 Å². The maximum Gasteiger partial charge on any atom is 0.146 e. The Morgan fingerprint density at radius 2 is 2.17 bits per heavy atom. The molecule has 0 spiro atoms. The Labute approximate surface area is 106 Å². The number of hydrogen-bond donors (Lipinski definition) is 2. The molecular weight excluding hydrogens is 230 g/mol. The molecule has 0 saturated heterocycles. The summed E-state index contributed by atoms with van der Waals surface area (Å²) in [5.41, 5.74) is 7.47. The van der Waals surface area contributed by atoms with Crippen LogP contribution in [-0.2, 0) is 6.42 Å². The van der Waals surface area contributed by atoms with E-state index in [1.807, 2.05) is 16.7 Å². The van der Waals surface area contributed by atoms with Gasteiger partial charge >= 0.3 is 0 Å². The van der Waals surface area contributed by atoms with Crippen molar-refractivity contribution in [1.82, 2.24) is 9.38 Å². The van der Waals surface area contributed by atoms with E-state index in [9.17, 15) is 5.11 Å². The van der Waals surface area contributed by atoms with Crippen LogP contribution in [0.4, 0.5) is 5.69 Å². The van der Waals surface area contributed by atoms with E-state index >= 15 is 0 Å². The Bertz CT molecular complexity index is 555. The molecule has 0 saturated carbocycles. The number of rotatable bonds is 4. The van der Waals surface area contributed by atoms with Crippen LogP contribution in [0, 0.1) is 0 Å². The van der Waals surface area contributed by atoms with Crippen LogP contribution in [0.2, 0.25) is 0 Å². The predicted octanol–water partition coefficient (Wildman–Crippen LogP) is 1.63. The van der Waals surface area contributed by atoms with Gasteiger partial charge in [-0.2, -0.15) is 0 Å². The lowest BCUT2D eigenvalue weighted by Crippen LogP contribution is -2.19. The second-order valence-corrected chi connectivity index (χ2v) is 5.11. The normalized spacial score (nSPS) is 12.0. The monoisotopic (exact) mass is 249 g/mol. The molecule has 2 heterocycles. The maximum atomic E-state index is 9.71. The Morgan fingerprint density at radius 3 is 2.78 bits per heavy atom. The Hall–Kier alpha value is -1.75. The van der Waals surface area contributed by atoms with E-state index in [0.29, 0.717) is 17.9 Å². The molecule has 3 N–H and O–H groups in total. The van der Waals surface area contributed by atoms with Crippen LogP contribution in [0.15, 0.2) is 18.5 Å². The minimum atomic E-state index is -0.674. The van der Waals surface area contributed by atoms with Crippen molar-refractivity contribution in [3.63, 3.8) is 0 Å². The molecule has 0 amide bonds. The number of hydrogen-bond acceptors (Lipinski definition) is 4. The van der Waals surface area contributed by atoms with Gasteiger partial charge in [0.25, 0.3) is 0 Å². The summed E-state index contributed by atoms with van der Waals surface area (Å²) in [6.07, 6.45) is 5.11. The highest BCUT2D eigenvalue weighted by Gasteiger charge is 2.14. The van der Waals surface area contributed by atoms with Crippen LogP contribution in [0.1, 0.15) is 26.0 Å². The summed E-state index contributed by atoms with van der Waals surface area (Å²) in [6.45, 7) is 3.59. The topological polar surface area (TPSA) is 72.8 Å². The lowest BCUT2D eigenvalue weighted by Gasteiger charge is -2.15. The molecule has 0 radical (unpaired) electrons. The third-order valence-corrected chi connectivity index (χ3v) is 2.85. The molecule has 0 fully saturated rings. The molecule has 98 valence electrons. The first kappa shape index (κ1) is 12.7. The summed E-state index contributed by atoms with van der Waals surface area (Å²) in [5.74, 6) is 0.627. The number of ether oxygens (including phenoxy) is 1. The van der Waals surface area contributed by atoms with E-state index in [1.165, 1.54) is 0 Å². The van der Waals surface area contributed by atoms with Gasteiger partial charge in [0, 0.05) is 18.5 Å². The lowest BCUT2D eigenvalue weighted by molar-refractivity contribution is 0.0711. The van der Waals surface area contributed by atoms with Crippen molar-refractivity contribution in [2.45, 2.75) is 32.3 Å². The molecule has 5 heteroatoms.